The van der Waals surface area contributed by atoms with E-state index >= 15 is 0 Å². The number of nitrogens with zero attached hydrogens (tertiary/aromatic N) is 4. The Kier molecular flexibility index (Phi) is 2.40. The second-order valence-corrected chi connectivity index (χ2v) is 2.98. The van der Waals surface area contributed by atoms with E-state index in [1.165, 1.54) is 10.7 Å². The zero-order valence-corrected chi connectivity index (χ0v) is 7.78. The summed E-state index contributed by atoms with van der Waals surface area (Å²) in [4.78, 5) is 13.8. The molecule has 6 heteroatoms. The molecule has 2 rings (SSSR count). The van der Waals surface area contributed by atoms with Gasteiger partial charge in [-0.05, 0) is 22.6 Å². The molecule has 0 saturated heterocycles. The Labute approximate surface area is 85.3 Å². The van der Waals surface area contributed by atoms with Crippen molar-refractivity contribution < 1.29 is 4.92 Å². The number of hydrogen-bond acceptors (Lipinski definition) is 4. The summed E-state index contributed by atoms with van der Waals surface area (Å²) in [5.41, 5.74) is 1.00. The molecule has 6 nitrogen and oxygen atoms in total. The molecule has 2 aromatic heterocycles. The normalized spacial score (nSPS) is 10.1. The summed E-state index contributed by atoms with van der Waals surface area (Å²) in [5.74, 6) is -0.135. The van der Waals surface area contributed by atoms with Gasteiger partial charge in [-0.25, -0.2) is 0 Å². The lowest BCUT2D eigenvalue weighted by Crippen LogP contribution is -2.01. The van der Waals surface area contributed by atoms with Gasteiger partial charge in [0.25, 0.3) is 0 Å². The van der Waals surface area contributed by atoms with Gasteiger partial charge in [0, 0.05) is 12.4 Å². The van der Waals surface area contributed by atoms with Crippen LogP contribution in [0.3, 0.4) is 0 Å². The Bertz CT molecular complexity index is 466. The predicted molar refractivity (Wildman–Crippen MR) is 52.2 cm³/mol. The Morgan fingerprint density at radius 3 is 2.67 bits per heavy atom. The van der Waals surface area contributed by atoms with Crippen LogP contribution in [-0.4, -0.2) is 19.7 Å². The zero-order chi connectivity index (χ0) is 10.7. The summed E-state index contributed by atoms with van der Waals surface area (Å²) in [6.45, 7) is 0.510. The van der Waals surface area contributed by atoms with Gasteiger partial charge in [-0.1, -0.05) is 0 Å². The molecule has 15 heavy (non-hydrogen) atoms. The lowest BCUT2D eigenvalue weighted by atomic mass is 10.3. The van der Waals surface area contributed by atoms with E-state index in [0.29, 0.717) is 6.54 Å². The molecule has 0 aromatic carbocycles. The average Bonchev–Trinajstić information content (AvgIpc) is 2.68. The maximum Gasteiger partial charge on any atom is 0.389 e. The summed E-state index contributed by atoms with van der Waals surface area (Å²) in [7, 11) is 0. The summed E-state index contributed by atoms with van der Waals surface area (Å²) in [6.07, 6.45) is 4.93. The van der Waals surface area contributed by atoms with Crippen LogP contribution in [0.5, 0.6) is 0 Å². The van der Waals surface area contributed by atoms with Crippen molar-refractivity contribution in [2.24, 2.45) is 0 Å². The third kappa shape index (κ3) is 2.16. The molecule has 2 heterocycles. The van der Waals surface area contributed by atoms with Crippen LogP contribution in [0, 0.1) is 10.1 Å². The Morgan fingerprint density at radius 2 is 2.07 bits per heavy atom. The molecule has 0 fully saturated rings. The number of hydrogen-bond donors (Lipinski definition) is 0. The van der Waals surface area contributed by atoms with Gasteiger partial charge in [0.15, 0.2) is 0 Å². The van der Waals surface area contributed by atoms with Gasteiger partial charge in [-0.3, -0.25) is 4.98 Å². The molecule has 0 saturated carbocycles. The largest absolute Gasteiger partial charge is 0.389 e. The first-order chi connectivity index (χ1) is 7.25. The minimum atomic E-state index is -0.511. The van der Waals surface area contributed by atoms with Crippen LogP contribution in [-0.2, 0) is 6.54 Å². The monoisotopic (exact) mass is 204 g/mol. The van der Waals surface area contributed by atoms with Crippen LogP contribution in [0.25, 0.3) is 0 Å². The first-order valence-electron chi connectivity index (χ1n) is 4.32. The van der Waals surface area contributed by atoms with Gasteiger partial charge in [0.1, 0.15) is 0 Å². The smallest absolute Gasteiger partial charge is 0.358 e. The zero-order valence-electron chi connectivity index (χ0n) is 7.78. The molecule has 0 radical (unpaired) electrons. The van der Waals surface area contributed by atoms with Crippen LogP contribution in [0.4, 0.5) is 5.82 Å². The first-order valence-corrected chi connectivity index (χ1v) is 4.32. The van der Waals surface area contributed by atoms with E-state index in [4.69, 9.17) is 0 Å². The minimum absolute atomic E-state index is 0.135. The van der Waals surface area contributed by atoms with Crippen molar-refractivity contribution in [3.8, 4) is 0 Å². The van der Waals surface area contributed by atoms with Crippen molar-refractivity contribution in [1.29, 1.82) is 0 Å². The van der Waals surface area contributed by atoms with Crippen molar-refractivity contribution >= 4 is 5.82 Å². The molecule has 0 aliphatic rings. The van der Waals surface area contributed by atoms with E-state index in [2.05, 4.69) is 10.1 Å². The lowest BCUT2D eigenvalue weighted by Gasteiger charge is -1.95. The molecule has 0 atom stereocenters. The molecule has 0 aliphatic carbocycles. The van der Waals surface area contributed by atoms with E-state index in [-0.39, 0.29) is 5.82 Å². The Hall–Kier alpha value is -2.24. The number of nitro groups is 1. The molecule has 0 bridgehead atoms. The molecule has 0 N–H and O–H groups in total. The molecule has 76 valence electrons. The van der Waals surface area contributed by atoms with E-state index in [9.17, 15) is 10.1 Å². The van der Waals surface area contributed by atoms with Crippen LogP contribution in [0.1, 0.15) is 5.56 Å². The second-order valence-electron chi connectivity index (χ2n) is 2.98. The summed E-state index contributed by atoms with van der Waals surface area (Å²) in [5, 5.41) is 14.2. The van der Waals surface area contributed by atoms with E-state index < -0.39 is 4.92 Å². The molecule has 0 amide bonds. The van der Waals surface area contributed by atoms with Gasteiger partial charge >= 0.3 is 5.82 Å². The Balaban J connectivity index is 2.15. The summed E-state index contributed by atoms with van der Waals surface area (Å²) in [6, 6.07) is 5.06. The SMILES string of the molecule is O=[N+]([O-])c1ccn(Cc2ccncc2)n1. The average molecular weight is 204 g/mol. The van der Waals surface area contributed by atoms with Crippen molar-refractivity contribution in [1.82, 2.24) is 14.8 Å². The topological polar surface area (TPSA) is 73.8 Å². The third-order valence-electron chi connectivity index (χ3n) is 1.91. The van der Waals surface area contributed by atoms with Gasteiger partial charge in [0.05, 0.1) is 23.9 Å². The Morgan fingerprint density at radius 1 is 1.33 bits per heavy atom. The maximum atomic E-state index is 10.4. The van der Waals surface area contributed by atoms with Gasteiger partial charge < -0.3 is 10.1 Å². The van der Waals surface area contributed by atoms with Crippen LogP contribution in [0.15, 0.2) is 36.8 Å². The fraction of sp³-hybridized carbons (Fsp3) is 0.111. The highest BCUT2D eigenvalue weighted by molar-refractivity contribution is 5.16. The lowest BCUT2D eigenvalue weighted by molar-refractivity contribution is -0.389. The van der Waals surface area contributed by atoms with Crippen molar-refractivity contribution in [3.63, 3.8) is 0 Å². The first kappa shape index (κ1) is 9.32. The van der Waals surface area contributed by atoms with Crippen LogP contribution < -0.4 is 0 Å². The van der Waals surface area contributed by atoms with Gasteiger partial charge in [-0.2, -0.15) is 4.68 Å². The molecular weight excluding hydrogens is 196 g/mol. The van der Waals surface area contributed by atoms with E-state index in [1.54, 1.807) is 18.6 Å². The van der Waals surface area contributed by atoms with Crippen LogP contribution in [0.2, 0.25) is 0 Å². The second kappa shape index (κ2) is 3.87. The number of rotatable bonds is 3. The van der Waals surface area contributed by atoms with Crippen LogP contribution >= 0.6 is 0 Å². The standard InChI is InChI=1S/C9H8N4O2/c14-13(15)9-3-6-12(11-9)7-8-1-4-10-5-2-8/h1-6H,7H2. The molecule has 0 unspecified atom stereocenters. The fourth-order valence-electron chi connectivity index (χ4n) is 1.21. The molecule has 2 aromatic rings. The third-order valence-corrected chi connectivity index (χ3v) is 1.91. The van der Waals surface area contributed by atoms with Crippen molar-refractivity contribution in [2.45, 2.75) is 6.54 Å². The molecule has 0 spiro atoms. The highest BCUT2D eigenvalue weighted by Crippen LogP contribution is 2.07. The molecule has 0 aliphatic heterocycles. The number of pyridine rings is 1. The quantitative estimate of drug-likeness (QED) is 0.556. The summed E-state index contributed by atoms with van der Waals surface area (Å²) >= 11 is 0. The van der Waals surface area contributed by atoms with Crippen molar-refractivity contribution in [3.05, 3.63) is 52.5 Å². The highest BCUT2D eigenvalue weighted by Gasteiger charge is 2.10. The predicted octanol–water partition coefficient (Wildman–Crippen LogP) is 1.23. The van der Waals surface area contributed by atoms with E-state index in [0.717, 1.165) is 5.56 Å². The molecular formula is C9H8N4O2. The number of aromatic nitrogens is 3. The van der Waals surface area contributed by atoms with Gasteiger partial charge in [-0.15, -0.1) is 0 Å². The van der Waals surface area contributed by atoms with E-state index in [1.807, 2.05) is 12.1 Å². The minimum Gasteiger partial charge on any atom is -0.358 e. The maximum absolute atomic E-state index is 10.4. The fourth-order valence-corrected chi connectivity index (χ4v) is 1.21. The summed E-state index contributed by atoms with van der Waals surface area (Å²) < 4.78 is 1.52. The highest BCUT2D eigenvalue weighted by atomic mass is 16.6. The van der Waals surface area contributed by atoms with Crippen molar-refractivity contribution in [2.75, 3.05) is 0 Å². The van der Waals surface area contributed by atoms with Gasteiger partial charge in [0.2, 0.25) is 0 Å².